The van der Waals surface area contributed by atoms with E-state index in [1.54, 1.807) is 7.11 Å². The Bertz CT molecular complexity index is 449. The van der Waals surface area contributed by atoms with Crippen LogP contribution in [0.3, 0.4) is 0 Å². The van der Waals surface area contributed by atoms with Crippen LogP contribution in [0.4, 0.5) is 0 Å². The molecule has 0 saturated carbocycles. The van der Waals surface area contributed by atoms with E-state index in [0.717, 1.165) is 23.2 Å². The van der Waals surface area contributed by atoms with Crippen molar-refractivity contribution < 1.29 is 14.6 Å². The SMILES string of the molecule is COc1ccc(C(CCO)N2CC(CBr)CC2=O)cc1. The third kappa shape index (κ3) is 3.33. The number of hydrogen-bond acceptors (Lipinski definition) is 3. The molecule has 1 aromatic rings. The van der Waals surface area contributed by atoms with Gasteiger partial charge in [-0.1, -0.05) is 28.1 Å². The van der Waals surface area contributed by atoms with Crippen molar-refractivity contribution in [2.45, 2.75) is 18.9 Å². The molecule has 1 aromatic carbocycles. The predicted molar refractivity (Wildman–Crippen MR) is 81.1 cm³/mol. The zero-order valence-electron chi connectivity index (χ0n) is 11.6. The minimum Gasteiger partial charge on any atom is -0.497 e. The van der Waals surface area contributed by atoms with Gasteiger partial charge in [-0.3, -0.25) is 4.79 Å². The number of carbonyl (C=O) groups is 1. The van der Waals surface area contributed by atoms with Gasteiger partial charge in [0, 0.05) is 24.9 Å². The van der Waals surface area contributed by atoms with E-state index in [-0.39, 0.29) is 18.6 Å². The number of nitrogens with zero attached hydrogens (tertiary/aromatic N) is 1. The predicted octanol–water partition coefficient (Wildman–Crippen LogP) is 2.36. The van der Waals surface area contributed by atoms with Gasteiger partial charge < -0.3 is 14.7 Å². The molecular formula is C15H20BrNO3. The second-order valence-electron chi connectivity index (χ2n) is 5.07. The van der Waals surface area contributed by atoms with Crippen molar-refractivity contribution in [3.05, 3.63) is 29.8 Å². The van der Waals surface area contributed by atoms with E-state index < -0.39 is 0 Å². The Hall–Kier alpha value is -1.07. The second-order valence-corrected chi connectivity index (χ2v) is 5.72. The van der Waals surface area contributed by atoms with Gasteiger partial charge in [-0.25, -0.2) is 0 Å². The number of carbonyl (C=O) groups excluding carboxylic acids is 1. The number of aliphatic hydroxyl groups excluding tert-OH is 1. The number of rotatable bonds is 6. The van der Waals surface area contributed by atoms with Crippen LogP contribution in [0, 0.1) is 5.92 Å². The van der Waals surface area contributed by atoms with Crippen LogP contribution in [0.25, 0.3) is 0 Å². The minimum atomic E-state index is -0.0533. The average molecular weight is 342 g/mol. The van der Waals surface area contributed by atoms with E-state index in [2.05, 4.69) is 15.9 Å². The van der Waals surface area contributed by atoms with E-state index in [9.17, 15) is 9.90 Å². The summed E-state index contributed by atoms with van der Waals surface area (Å²) >= 11 is 3.45. The quantitative estimate of drug-likeness (QED) is 0.808. The molecule has 20 heavy (non-hydrogen) atoms. The monoisotopic (exact) mass is 341 g/mol. The molecule has 0 radical (unpaired) electrons. The number of amides is 1. The summed E-state index contributed by atoms with van der Waals surface area (Å²) in [5.74, 6) is 1.33. The topological polar surface area (TPSA) is 49.8 Å². The largest absolute Gasteiger partial charge is 0.497 e. The lowest BCUT2D eigenvalue weighted by Crippen LogP contribution is -2.31. The van der Waals surface area contributed by atoms with Gasteiger partial charge in [-0.15, -0.1) is 0 Å². The molecule has 1 amide bonds. The van der Waals surface area contributed by atoms with Crippen LogP contribution >= 0.6 is 15.9 Å². The first-order valence-corrected chi connectivity index (χ1v) is 7.92. The standard InChI is InChI=1S/C15H20BrNO3/c1-20-13-4-2-12(3-5-13)14(6-7-18)17-10-11(9-16)8-15(17)19/h2-5,11,14,18H,6-10H2,1H3. The van der Waals surface area contributed by atoms with E-state index in [0.29, 0.717) is 18.8 Å². The molecule has 2 unspecified atom stereocenters. The van der Waals surface area contributed by atoms with Gasteiger partial charge in [0.15, 0.2) is 0 Å². The maximum atomic E-state index is 12.2. The number of aliphatic hydroxyl groups is 1. The van der Waals surface area contributed by atoms with E-state index in [4.69, 9.17) is 4.74 Å². The van der Waals surface area contributed by atoms with E-state index in [1.165, 1.54) is 0 Å². The number of benzene rings is 1. The highest BCUT2D eigenvalue weighted by molar-refractivity contribution is 9.09. The minimum absolute atomic E-state index is 0.0533. The maximum absolute atomic E-state index is 12.2. The number of hydrogen-bond donors (Lipinski definition) is 1. The maximum Gasteiger partial charge on any atom is 0.223 e. The van der Waals surface area contributed by atoms with E-state index in [1.807, 2.05) is 29.2 Å². The fraction of sp³-hybridized carbons (Fsp3) is 0.533. The second kappa shape index (κ2) is 7.09. The first kappa shape index (κ1) is 15.3. The number of likely N-dealkylation sites (tertiary alicyclic amines) is 1. The summed E-state index contributed by atoms with van der Waals surface area (Å²) in [6, 6.07) is 7.66. The first-order valence-electron chi connectivity index (χ1n) is 6.79. The fourth-order valence-corrected chi connectivity index (χ4v) is 3.10. The zero-order chi connectivity index (χ0) is 14.5. The van der Waals surface area contributed by atoms with Gasteiger partial charge in [-0.05, 0) is 30.0 Å². The third-order valence-corrected chi connectivity index (χ3v) is 4.65. The highest BCUT2D eigenvalue weighted by atomic mass is 79.9. The molecule has 1 aliphatic heterocycles. The molecule has 0 bridgehead atoms. The van der Waals surface area contributed by atoms with Crippen LogP contribution < -0.4 is 4.74 Å². The molecule has 5 heteroatoms. The summed E-state index contributed by atoms with van der Waals surface area (Å²) in [6.45, 7) is 0.820. The lowest BCUT2D eigenvalue weighted by atomic mass is 10.0. The van der Waals surface area contributed by atoms with Crippen LogP contribution in [0.15, 0.2) is 24.3 Å². The fourth-order valence-electron chi connectivity index (χ4n) is 2.66. The smallest absolute Gasteiger partial charge is 0.223 e. The Morgan fingerprint density at radius 2 is 2.15 bits per heavy atom. The van der Waals surface area contributed by atoms with Gasteiger partial charge >= 0.3 is 0 Å². The van der Waals surface area contributed by atoms with Crippen LogP contribution in [0.1, 0.15) is 24.4 Å². The van der Waals surface area contributed by atoms with Crippen LogP contribution in [0.2, 0.25) is 0 Å². The lowest BCUT2D eigenvalue weighted by molar-refractivity contribution is -0.130. The Morgan fingerprint density at radius 3 is 2.65 bits per heavy atom. The van der Waals surface area contributed by atoms with Crippen molar-refractivity contribution >= 4 is 21.8 Å². The van der Waals surface area contributed by atoms with Gasteiger partial charge in [0.1, 0.15) is 5.75 Å². The molecule has 0 spiro atoms. The number of ether oxygens (including phenoxy) is 1. The van der Waals surface area contributed by atoms with Crippen molar-refractivity contribution in [3.8, 4) is 5.75 Å². The number of halogens is 1. The Kier molecular flexibility index (Phi) is 5.43. The van der Waals surface area contributed by atoms with Crippen molar-refractivity contribution in [2.75, 3.05) is 25.6 Å². The molecule has 1 heterocycles. The van der Waals surface area contributed by atoms with Crippen LogP contribution in [-0.2, 0) is 4.79 Å². The summed E-state index contributed by atoms with van der Waals surface area (Å²) in [5, 5.41) is 10.1. The van der Waals surface area contributed by atoms with Gasteiger partial charge in [0.25, 0.3) is 0 Å². The molecule has 1 aliphatic rings. The molecule has 2 rings (SSSR count). The zero-order valence-corrected chi connectivity index (χ0v) is 13.2. The summed E-state index contributed by atoms with van der Waals surface area (Å²) in [4.78, 5) is 14.0. The summed E-state index contributed by atoms with van der Waals surface area (Å²) in [5.41, 5.74) is 1.04. The third-order valence-electron chi connectivity index (χ3n) is 3.74. The summed E-state index contributed by atoms with van der Waals surface area (Å²) in [6.07, 6.45) is 1.15. The molecule has 110 valence electrons. The van der Waals surface area contributed by atoms with Gasteiger partial charge in [-0.2, -0.15) is 0 Å². The molecule has 1 fully saturated rings. The van der Waals surface area contributed by atoms with Crippen molar-refractivity contribution in [1.29, 1.82) is 0 Å². The highest BCUT2D eigenvalue weighted by Crippen LogP contribution is 2.32. The number of alkyl halides is 1. The highest BCUT2D eigenvalue weighted by Gasteiger charge is 2.34. The van der Waals surface area contributed by atoms with Crippen molar-refractivity contribution in [1.82, 2.24) is 4.90 Å². The summed E-state index contributed by atoms with van der Waals surface area (Å²) < 4.78 is 5.15. The molecule has 2 atom stereocenters. The normalized spacial score (nSPS) is 20.2. The van der Waals surface area contributed by atoms with Gasteiger partial charge in [0.2, 0.25) is 5.91 Å². The van der Waals surface area contributed by atoms with Crippen molar-refractivity contribution in [2.24, 2.45) is 5.92 Å². The molecular weight excluding hydrogens is 322 g/mol. The summed E-state index contributed by atoms with van der Waals surface area (Å²) in [7, 11) is 1.63. The Morgan fingerprint density at radius 1 is 1.45 bits per heavy atom. The molecule has 1 N–H and O–H groups in total. The van der Waals surface area contributed by atoms with Gasteiger partial charge in [0.05, 0.1) is 13.2 Å². The molecule has 1 saturated heterocycles. The Balaban J connectivity index is 2.19. The average Bonchev–Trinajstić information content (AvgIpc) is 2.86. The molecule has 0 aromatic heterocycles. The van der Waals surface area contributed by atoms with E-state index >= 15 is 0 Å². The molecule has 0 aliphatic carbocycles. The number of methoxy groups -OCH3 is 1. The van der Waals surface area contributed by atoms with Crippen LogP contribution in [0.5, 0.6) is 5.75 Å². The first-order chi connectivity index (χ1) is 9.69. The molecule has 4 nitrogen and oxygen atoms in total. The lowest BCUT2D eigenvalue weighted by Gasteiger charge is -2.28. The van der Waals surface area contributed by atoms with Crippen LogP contribution in [-0.4, -0.2) is 41.5 Å². The van der Waals surface area contributed by atoms with Crippen molar-refractivity contribution in [3.63, 3.8) is 0 Å². The Labute approximate surface area is 127 Å².